The van der Waals surface area contributed by atoms with Crippen LogP contribution in [0.15, 0.2) is 29.2 Å². The smallest absolute Gasteiger partial charge is 0.238 e. The van der Waals surface area contributed by atoms with Crippen molar-refractivity contribution in [2.24, 2.45) is 5.14 Å². The first-order valence-corrected chi connectivity index (χ1v) is 4.61. The summed E-state index contributed by atoms with van der Waals surface area (Å²) in [6.45, 7) is 0. The van der Waals surface area contributed by atoms with Gasteiger partial charge in [0.2, 0.25) is 10.0 Å². The minimum Gasteiger partial charge on any atom is -0.291 e. The van der Waals surface area contributed by atoms with Crippen LogP contribution in [-0.4, -0.2) is 13.6 Å². The highest BCUT2D eigenvalue weighted by Gasteiger charge is 2.06. The molecular formula is C6H8N2O3S. The Bertz CT molecular complexity index is 374. The van der Waals surface area contributed by atoms with Crippen LogP contribution >= 0.6 is 0 Å². The topological polar surface area (TPSA) is 92.4 Å². The predicted molar refractivity (Wildman–Crippen MR) is 43.2 cm³/mol. The van der Waals surface area contributed by atoms with Gasteiger partial charge in [0.25, 0.3) is 0 Å². The largest absolute Gasteiger partial charge is 0.291 e. The van der Waals surface area contributed by atoms with E-state index >= 15 is 0 Å². The highest BCUT2D eigenvalue weighted by atomic mass is 32.2. The van der Waals surface area contributed by atoms with E-state index in [0.29, 0.717) is 0 Å². The van der Waals surface area contributed by atoms with Gasteiger partial charge >= 0.3 is 0 Å². The molecule has 0 spiro atoms. The Morgan fingerprint density at radius 1 is 1.42 bits per heavy atom. The third-order valence-electron chi connectivity index (χ3n) is 1.29. The Hall–Kier alpha value is -1.11. The Balaban J connectivity index is 3.20. The Labute approximate surface area is 69.8 Å². The van der Waals surface area contributed by atoms with Gasteiger partial charge in [-0.25, -0.2) is 13.6 Å². The van der Waals surface area contributed by atoms with Crippen LogP contribution in [0.3, 0.4) is 0 Å². The average Bonchev–Trinajstić information content (AvgIpc) is 2.03. The molecule has 6 heteroatoms. The van der Waals surface area contributed by atoms with Crippen molar-refractivity contribution in [3.63, 3.8) is 0 Å². The van der Waals surface area contributed by atoms with E-state index in [0.717, 1.165) is 0 Å². The first-order chi connectivity index (χ1) is 5.54. The molecule has 12 heavy (non-hydrogen) atoms. The molecule has 4 N–H and O–H groups in total. The minimum absolute atomic E-state index is 0.0402. The second kappa shape index (κ2) is 3.10. The maximum Gasteiger partial charge on any atom is 0.238 e. The molecule has 0 aliphatic carbocycles. The fourth-order valence-corrected chi connectivity index (χ4v) is 1.30. The first-order valence-electron chi connectivity index (χ1n) is 3.07. The Morgan fingerprint density at radius 2 is 2.08 bits per heavy atom. The van der Waals surface area contributed by atoms with E-state index in [-0.39, 0.29) is 10.6 Å². The van der Waals surface area contributed by atoms with Crippen molar-refractivity contribution in [2.45, 2.75) is 4.90 Å². The fraction of sp³-hybridized carbons (Fsp3) is 0. The van der Waals surface area contributed by atoms with Crippen molar-refractivity contribution in [2.75, 3.05) is 5.48 Å². The lowest BCUT2D eigenvalue weighted by Gasteiger charge is -2.00. The van der Waals surface area contributed by atoms with Gasteiger partial charge in [0.1, 0.15) is 0 Å². The van der Waals surface area contributed by atoms with Crippen molar-refractivity contribution in [1.82, 2.24) is 0 Å². The number of primary sulfonamides is 1. The van der Waals surface area contributed by atoms with E-state index in [1.54, 1.807) is 0 Å². The maximum absolute atomic E-state index is 10.8. The summed E-state index contributed by atoms with van der Waals surface area (Å²) >= 11 is 0. The molecule has 0 aliphatic rings. The molecule has 0 aliphatic heterocycles. The van der Waals surface area contributed by atoms with Crippen molar-refractivity contribution in [3.05, 3.63) is 24.3 Å². The van der Waals surface area contributed by atoms with Crippen LogP contribution in [0.1, 0.15) is 0 Å². The number of sulfonamides is 1. The molecule has 0 unspecified atom stereocenters. The first kappa shape index (κ1) is 8.98. The van der Waals surface area contributed by atoms with Gasteiger partial charge in [-0.1, -0.05) is 6.07 Å². The molecule has 66 valence electrons. The van der Waals surface area contributed by atoms with E-state index < -0.39 is 10.0 Å². The van der Waals surface area contributed by atoms with Crippen LogP contribution < -0.4 is 10.6 Å². The summed E-state index contributed by atoms with van der Waals surface area (Å²) in [5.74, 6) is 0. The average molecular weight is 188 g/mol. The lowest BCUT2D eigenvalue weighted by atomic mass is 10.3. The summed E-state index contributed by atoms with van der Waals surface area (Å²) in [6.07, 6.45) is 0. The van der Waals surface area contributed by atoms with Gasteiger partial charge in [-0.2, -0.15) is 0 Å². The fourth-order valence-electron chi connectivity index (χ4n) is 0.743. The normalized spacial score (nSPS) is 11.2. The van der Waals surface area contributed by atoms with Crippen LogP contribution in [0, 0.1) is 0 Å². The lowest BCUT2D eigenvalue weighted by molar-refractivity contribution is 0.388. The van der Waals surface area contributed by atoms with E-state index in [2.05, 4.69) is 0 Å². The summed E-state index contributed by atoms with van der Waals surface area (Å²) < 4.78 is 21.5. The van der Waals surface area contributed by atoms with E-state index in [9.17, 15) is 8.42 Å². The summed E-state index contributed by atoms with van der Waals surface area (Å²) in [6, 6.07) is 5.55. The number of benzene rings is 1. The minimum atomic E-state index is -3.69. The standard InChI is InChI=1S/C6H8N2O3S/c7-12(10,11)6-3-1-2-5(4-6)8-9/h1-4,8-9H,(H2,7,10,11). The van der Waals surface area contributed by atoms with Crippen molar-refractivity contribution in [1.29, 1.82) is 0 Å². The van der Waals surface area contributed by atoms with Crippen LogP contribution in [0.5, 0.6) is 0 Å². The zero-order chi connectivity index (χ0) is 9.19. The molecule has 5 nitrogen and oxygen atoms in total. The van der Waals surface area contributed by atoms with Crippen molar-refractivity contribution in [3.8, 4) is 0 Å². The Morgan fingerprint density at radius 3 is 2.58 bits per heavy atom. The van der Waals surface area contributed by atoms with Crippen molar-refractivity contribution < 1.29 is 13.6 Å². The molecule has 0 bridgehead atoms. The number of rotatable bonds is 2. The molecule has 0 saturated carbocycles. The third-order valence-corrected chi connectivity index (χ3v) is 2.20. The molecule has 0 amide bonds. The highest BCUT2D eigenvalue weighted by molar-refractivity contribution is 7.89. The monoisotopic (exact) mass is 188 g/mol. The van der Waals surface area contributed by atoms with Crippen LogP contribution in [0.25, 0.3) is 0 Å². The summed E-state index contributed by atoms with van der Waals surface area (Å²) in [5.41, 5.74) is 2.10. The number of anilines is 1. The van der Waals surface area contributed by atoms with Gasteiger partial charge in [-0.15, -0.1) is 0 Å². The Kier molecular flexibility index (Phi) is 2.32. The van der Waals surface area contributed by atoms with Gasteiger partial charge in [-0.3, -0.25) is 10.7 Å². The van der Waals surface area contributed by atoms with Gasteiger partial charge < -0.3 is 0 Å². The van der Waals surface area contributed by atoms with Gasteiger partial charge in [-0.05, 0) is 18.2 Å². The lowest BCUT2D eigenvalue weighted by Crippen LogP contribution is -2.12. The predicted octanol–water partition coefficient (Wildman–Crippen LogP) is 0.135. The number of hydrogen-bond acceptors (Lipinski definition) is 4. The van der Waals surface area contributed by atoms with Gasteiger partial charge in [0.15, 0.2) is 0 Å². The van der Waals surface area contributed by atoms with Crippen LogP contribution in [0.2, 0.25) is 0 Å². The second-order valence-corrected chi connectivity index (χ2v) is 3.75. The highest BCUT2D eigenvalue weighted by Crippen LogP contribution is 2.12. The molecule has 0 aromatic heterocycles. The SMILES string of the molecule is NS(=O)(=O)c1cccc(NO)c1. The third kappa shape index (κ3) is 1.94. The molecule has 1 aromatic rings. The maximum atomic E-state index is 10.8. The molecule has 0 heterocycles. The van der Waals surface area contributed by atoms with E-state index in [1.807, 2.05) is 5.48 Å². The molecule has 0 atom stereocenters. The van der Waals surface area contributed by atoms with Crippen molar-refractivity contribution >= 4 is 15.7 Å². The molecule has 0 fully saturated rings. The summed E-state index contributed by atoms with van der Waals surface area (Å²) in [5, 5.41) is 13.3. The summed E-state index contributed by atoms with van der Waals surface area (Å²) in [4.78, 5) is -0.0402. The molecular weight excluding hydrogens is 180 g/mol. The molecule has 0 saturated heterocycles. The zero-order valence-electron chi connectivity index (χ0n) is 6.06. The number of nitrogens with two attached hydrogens (primary N) is 1. The van der Waals surface area contributed by atoms with E-state index in [4.69, 9.17) is 10.3 Å². The molecule has 1 aromatic carbocycles. The van der Waals surface area contributed by atoms with Gasteiger partial charge in [0, 0.05) is 0 Å². The molecule has 0 radical (unpaired) electrons. The van der Waals surface area contributed by atoms with E-state index in [1.165, 1.54) is 24.3 Å². The number of hydrogen-bond donors (Lipinski definition) is 3. The van der Waals surface area contributed by atoms with Gasteiger partial charge in [0.05, 0.1) is 10.6 Å². The van der Waals surface area contributed by atoms with Crippen LogP contribution in [0.4, 0.5) is 5.69 Å². The molecule has 1 rings (SSSR count). The zero-order valence-corrected chi connectivity index (χ0v) is 6.88. The second-order valence-electron chi connectivity index (χ2n) is 2.18. The summed E-state index contributed by atoms with van der Waals surface area (Å²) in [7, 11) is -3.69. The quantitative estimate of drug-likeness (QED) is 0.575. The van der Waals surface area contributed by atoms with Crippen LogP contribution in [-0.2, 0) is 10.0 Å². The number of nitrogens with one attached hydrogen (secondary N) is 1.